The summed E-state index contributed by atoms with van der Waals surface area (Å²) in [5, 5.41) is 11.3. The van der Waals surface area contributed by atoms with Crippen molar-refractivity contribution < 1.29 is 18.7 Å². The maximum absolute atomic E-state index is 13.7. The molecule has 24 heavy (non-hydrogen) atoms. The molecule has 0 aliphatic rings. The van der Waals surface area contributed by atoms with Gasteiger partial charge in [0.05, 0.1) is 17.2 Å². The Labute approximate surface area is 138 Å². The molecule has 0 saturated heterocycles. The Balaban J connectivity index is 1.96. The summed E-state index contributed by atoms with van der Waals surface area (Å²) in [6, 6.07) is 10.7. The van der Waals surface area contributed by atoms with Crippen molar-refractivity contribution in [3.63, 3.8) is 0 Å². The van der Waals surface area contributed by atoms with Crippen LogP contribution in [0, 0.1) is 31.0 Å². The minimum atomic E-state index is -0.965. The molecule has 0 aliphatic carbocycles. The number of hydrogen-bond acceptors (Lipinski definition) is 4. The first-order chi connectivity index (χ1) is 11.4. The molecule has 0 fully saturated rings. The van der Waals surface area contributed by atoms with Gasteiger partial charge in [-0.25, -0.2) is 9.18 Å². The third kappa shape index (κ3) is 4.40. The molecule has 2 aromatic carbocycles. The van der Waals surface area contributed by atoms with Gasteiger partial charge in [-0.3, -0.25) is 4.79 Å². The van der Waals surface area contributed by atoms with Gasteiger partial charge in [-0.1, -0.05) is 6.07 Å². The SMILES string of the molecule is Cc1cc(C)cc(NC(=O)COC(=O)c2ccc(C#N)cc2F)c1. The molecular formula is C18H15FN2O3. The molecule has 0 radical (unpaired) electrons. The van der Waals surface area contributed by atoms with Crippen LogP contribution in [-0.4, -0.2) is 18.5 Å². The van der Waals surface area contributed by atoms with E-state index in [4.69, 9.17) is 10.00 Å². The first-order valence-corrected chi connectivity index (χ1v) is 7.14. The predicted octanol–water partition coefficient (Wildman–Crippen LogP) is 3.11. The third-order valence-corrected chi connectivity index (χ3v) is 3.16. The summed E-state index contributed by atoms with van der Waals surface area (Å²) in [7, 11) is 0. The Kier molecular flexibility index (Phi) is 5.27. The van der Waals surface area contributed by atoms with Gasteiger partial charge in [0.15, 0.2) is 6.61 Å². The monoisotopic (exact) mass is 326 g/mol. The van der Waals surface area contributed by atoms with Gasteiger partial charge < -0.3 is 10.1 Å². The molecule has 0 atom stereocenters. The second-order valence-corrected chi connectivity index (χ2v) is 5.31. The topological polar surface area (TPSA) is 79.2 Å². The summed E-state index contributed by atoms with van der Waals surface area (Å²) in [4.78, 5) is 23.6. The van der Waals surface area contributed by atoms with E-state index in [1.165, 1.54) is 6.07 Å². The minimum absolute atomic E-state index is 0.0941. The van der Waals surface area contributed by atoms with Gasteiger partial charge >= 0.3 is 5.97 Å². The molecule has 0 aliphatic heterocycles. The second-order valence-electron chi connectivity index (χ2n) is 5.31. The van der Waals surface area contributed by atoms with E-state index in [1.54, 1.807) is 18.2 Å². The first-order valence-electron chi connectivity index (χ1n) is 7.14. The predicted molar refractivity (Wildman–Crippen MR) is 85.9 cm³/mol. The van der Waals surface area contributed by atoms with Crippen LogP contribution in [0.1, 0.15) is 27.0 Å². The Bertz CT molecular complexity index is 820. The summed E-state index contributed by atoms with van der Waals surface area (Å²) in [6.45, 7) is 3.26. The van der Waals surface area contributed by atoms with Crippen molar-refractivity contribution in [1.29, 1.82) is 5.26 Å². The van der Waals surface area contributed by atoms with Crippen molar-refractivity contribution in [3.05, 3.63) is 64.5 Å². The Morgan fingerprint density at radius 2 is 1.83 bits per heavy atom. The van der Waals surface area contributed by atoms with E-state index in [1.807, 2.05) is 19.9 Å². The number of carbonyl (C=O) groups excluding carboxylic acids is 2. The second kappa shape index (κ2) is 7.38. The quantitative estimate of drug-likeness (QED) is 0.876. The fourth-order valence-corrected chi connectivity index (χ4v) is 2.20. The van der Waals surface area contributed by atoms with Crippen LogP contribution in [0.3, 0.4) is 0 Å². The van der Waals surface area contributed by atoms with E-state index in [0.717, 1.165) is 23.3 Å². The Hall–Kier alpha value is -3.20. The van der Waals surface area contributed by atoms with Crippen molar-refractivity contribution in [1.82, 2.24) is 0 Å². The van der Waals surface area contributed by atoms with Crippen molar-refractivity contribution in [2.45, 2.75) is 13.8 Å². The van der Waals surface area contributed by atoms with Gasteiger partial charge in [0.1, 0.15) is 5.82 Å². The lowest BCUT2D eigenvalue weighted by molar-refractivity contribution is -0.119. The van der Waals surface area contributed by atoms with Crippen LogP contribution >= 0.6 is 0 Å². The van der Waals surface area contributed by atoms with Gasteiger partial charge in [-0.05, 0) is 55.3 Å². The molecule has 6 heteroatoms. The van der Waals surface area contributed by atoms with Crippen molar-refractivity contribution >= 4 is 17.6 Å². The van der Waals surface area contributed by atoms with E-state index in [0.29, 0.717) is 5.69 Å². The van der Waals surface area contributed by atoms with Crippen LogP contribution in [0.2, 0.25) is 0 Å². The lowest BCUT2D eigenvalue weighted by Crippen LogP contribution is -2.21. The number of hydrogen-bond donors (Lipinski definition) is 1. The number of amides is 1. The van der Waals surface area contributed by atoms with Crippen molar-refractivity contribution in [2.24, 2.45) is 0 Å². The number of nitrogens with one attached hydrogen (secondary N) is 1. The Morgan fingerprint density at radius 1 is 1.17 bits per heavy atom. The zero-order chi connectivity index (χ0) is 17.7. The molecule has 2 rings (SSSR count). The maximum Gasteiger partial charge on any atom is 0.341 e. The number of benzene rings is 2. The highest BCUT2D eigenvalue weighted by Crippen LogP contribution is 2.14. The number of nitriles is 1. The van der Waals surface area contributed by atoms with Gasteiger partial charge in [0, 0.05) is 5.69 Å². The minimum Gasteiger partial charge on any atom is -0.452 e. The third-order valence-electron chi connectivity index (χ3n) is 3.16. The zero-order valence-corrected chi connectivity index (χ0v) is 13.2. The van der Waals surface area contributed by atoms with Crippen molar-refractivity contribution in [2.75, 3.05) is 11.9 Å². The molecule has 2 aromatic rings. The van der Waals surface area contributed by atoms with Crippen LogP contribution < -0.4 is 5.32 Å². The number of ether oxygens (including phenoxy) is 1. The Morgan fingerprint density at radius 3 is 2.42 bits per heavy atom. The zero-order valence-electron chi connectivity index (χ0n) is 13.2. The summed E-state index contributed by atoms with van der Waals surface area (Å²) >= 11 is 0. The molecule has 0 bridgehead atoms. The molecule has 0 heterocycles. The molecule has 0 unspecified atom stereocenters. The van der Waals surface area contributed by atoms with Gasteiger partial charge in [-0.15, -0.1) is 0 Å². The molecule has 1 N–H and O–H groups in total. The van der Waals surface area contributed by atoms with Gasteiger partial charge in [0.2, 0.25) is 0 Å². The van der Waals surface area contributed by atoms with E-state index in [2.05, 4.69) is 5.32 Å². The van der Waals surface area contributed by atoms with Crippen LogP contribution in [0.25, 0.3) is 0 Å². The van der Waals surface area contributed by atoms with E-state index in [-0.39, 0.29) is 11.1 Å². The fraction of sp³-hybridized carbons (Fsp3) is 0.167. The number of halogens is 1. The highest BCUT2D eigenvalue weighted by molar-refractivity contribution is 5.95. The molecule has 0 spiro atoms. The number of aryl methyl sites for hydroxylation is 2. The van der Waals surface area contributed by atoms with E-state index < -0.39 is 24.3 Å². The molecule has 122 valence electrons. The fourth-order valence-electron chi connectivity index (χ4n) is 2.20. The molecule has 1 amide bonds. The number of carbonyl (C=O) groups is 2. The normalized spacial score (nSPS) is 9.92. The van der Waals surface area contributed by atoms with Gasteiger partial charge in [-0.2, -0.15) is 5.26 Å². The number of anilines is 1. The smallest absolute Gasteiger partial charge is 0.341 e. The van der Waals surface area contributed by atoms with E-state index in [9.17, 15) is 14.0 Å². The molecule has 0 saturated carbocycles. The first kappa shape index (κ1) is 17.2. The number of esters is 1. The average Bonchev–Trinajstić information content (AvgIpc) is 2.51. The van der Waals surface area contributed by atoms with Crippen LogP contribution in [-0.2, 0) is 9.53 Å². The number of nitrogens with zero attached hydrogens (tertiary/aromatic N) is 1. The summed E-state index contributed by atoms with van der Waals surface area (Å²) in [5.74, 6) is -2.36. The highest BCUT2D eigenvalue weighted by Gasteiger charge is 2.15. The average molecular weight is 326 g/mol. The summed E-state index contributed by atoms with van der Waals surface area (Å²) in [6.07, 6.45) is 0. The summed E-state index contributed by atoms with van der Waals surface area (Å²) in [5.41, 5.74) is 2.34. The molecular weight excluding hydrogens is 311 g/mol. The lowest BCUT2D eigenvalue weighted by atomic mass is 10.1. The van der Waals surface area contributed by atoms with Crippen LogP contribution in [0.4, 0.5) is 10.1 Å². The number of rotatable bonds is 4. The molecule has 0 aromatic heterocycles. The molecule has 5 nitrogen and oxygen atoms in total. The van der Waals surface area contributed by atoms with E-state index >= 15 is 0 Å². The highest BCUT2D eigenvalue weighted by atomic mass is 19.1. The van der Waals surface area contributed by atoms with Crippen LogP contribution in [0.15, 0.2) is 36.4 Å². The van der Waals surface area contributed by atoms with Gasteiger partial charge in [0.25, 0.3) is 5.91 Å². The largest absolute Gasteiger partial charge is 0.452 e. The maximum atomic E-state index is 13.7. The standard InChI is InChI=1S/C18H15FN2O3/c1-11-5-12(2)7-14(6-11)21-17(22)10-24-18(23)15-4-3-13(9-20)8-16(15)19/h3-8H,10H2,1-2H3,(H,21,22). The summed E-state index contributed by atoms with van der Waals surface area (Å²) < 4.78 is 18.5. The lowest BCUT2D eigenvalue weighted by Gasteiger charge is -2.09. The van der Waals surface area contributed by atoms with Crippen molar-refractivity contribution in [3.8, 4) is 6.07 Å². The van der Waals surface area contributed by atoms with Crippen LogP contribution in [0.5, 0.6) is 0 Å².